The molecule has 1 aliphatic rings. The van der Waals surface area contributed by atoms with Crippen molar-refractivity contribution in [2.45, 2.75) is 32.2 Å². The van der Waals surface area contributed by atoms with Crippen LogP contribution in [0.3, 0.4) is 0 Å². The predicted octanol–water partition coefficient (Wildman–Crippen LogP) is -0.138. The average Bonchev–Trinajstić information content (AvgIpc) is 2.14. The van der Waals surface area contributed by atoms with Crippen LogP contribution in [0.1, 0.15) is 26.2 Å². The standard InChI is InChI=1S/C11H20N2O4.Pt/c1-6(5-12)4-8(13)7-2-3-11(7,9(14)15)10(16)17;/h6-8H,2-5,12-13H2,1H3,(H,14,15)(H,16,17);/t6?,7?,8-;/m1./s1. The molecule has 1 saturated carbocycles. The van der Waals surface area contributed by atoms with Crippen LogP contribution in [-0.2, 0) is 30.7 Å². The Morgan fingerprint density at radius 1 is 1.39 bits per heavy atom. The van der Waals surface area contributed by atoms with Gasteiger partial charge in [-0.3, -0.25) is 9.59 Å². The zero-order chi connectivity index (χ0) is 13.2. The Labute approximate surface area is 120 Å². The SMILES string of the molecule is CC(CN)C[C@@H](N)C1CCC1(C(=O)O)C(=O)O.[Pt]. The van der Waals surface area contributed by atoms with E-state index in [2.05, 4.69) is 0 Å². The summed E-state index contributed by atoms with van der Waals surface area (Å²) in [7, 11) is 0. The van der Waals surface area contributed by atoms with Crippen molar-refractivity contribution in [2.75, 3.05) is 6.54 Å². The number of carboxylic acid groups (broad SMARTS) is 2. The van der Waals surface area contributed by atoms with Gasteiger partial charge in [0, 0.05) is 33.0 Å². The molecule has 1 fully saturated rings. The van der Waals surface area contributed by atoms with Crippen molar-refractivity contribution in [1.82, 2.24) is 0 Å². The normalized spacial score (nSPS) is 24.3. The number of hydrogen-bond donors (Lipinski definition) is 4. The molecule has 2 unspecified atom stereocenters. The Hall–Kier alpha value is -0.452. The second kappa shape index (κ2) is 6.64. The summed E-state index contributed by atoms with van der Waals surface area (Å²) in [5.41, 5.74) is 9.72. The Balaban J connectivity index is 0.00000289. The van der Waals surface area contributed by atoms with Crippen LogP contribution in [0.2, 0.25) is 0 Å². The second-order valence-electron chi connectivity index (χ2n) is 4.97. The maximum atomic E-state index is 11.2. The molecule has 1 rings (SSSR count). The summed E-state index contributed by atoms with van der Waals surface area (Å²) < 4.78 is 0. The molecule has 0 aromatic heterocycles. The fraction of sp³-hybridized carbons (Fsp3) is 0.818. The van der Waals surface area contributed by atoms with Gasteiger partial charge in [-0.05, 0) is 31.7 Å². The van der Waals surface area contributed by atoms with Gasteiger partial charge >= 0.3 is 11.9 Å². The summed E-state index contributed by atoms with van der Waals surface area (Å²) in [6.45, 7) is 2.38. The summed E-state index contributed by atoms with van der Waals surface area (Å²) >= 11 is 0. The van der Waals surface area contributed by atoms with Gasteiger partial charge < -0.3 is 21.7 Å². The first-order valence-corrected chi connectivity index (χ1v) is 5.78. The van der Waals surface area contributed by atoms with Gasteiger partial charge in [-0.1, -0.05) is 6.92 Å². The Kier molecular flexibility index (Phi) is 6.47. The molecule has 0 amide bonds. The summed E-state index contributed by atoms with van der Waals surface area (Å²) in [6, 6.07) is -0.422. The van der Waals surface area contributed by atoms with E-state index in [-0.39, 0.29) is 33.4 Å². The number of hydrogen-bond acceptors (Lipinski definition) is 4. The van der Waals surface area contributed by atoms with Crippen LogP contribution in [-0.4, -0.2) is 34.7 Å². The quantitative estimate of drug-likeness (QED) is 0.427. The molecule has 7 heteroatoms. The van der Waals surface area contributed by atoms with Crippen LogP contribution >= 0.6 is 0 Å². The van der Waals surface area contributed by atoms with E-state index in [1.54, 1.807) is 0 Å². The van der Waals surface area contributed by atoms with E-state index >= 15 is 0 Å². The van der Waals surface area contributed by atoms with E-state index in [4.69, 9.17) is 21.7 Å². The largest absolute Gasteiger partial charge is 0.480 e. The first-order valence-electron chi connectivity index (χ1n) is 5.78. The Bertz CT molecular complexity index is 310. The van der Waals surface area contributed by atoms with Gasteiger partial charge in [0.2, 0.25) is 0 Å². The number of rotatable bonds is 6. The predicted molar refractivity (Wildman–Crippen MR) is 61.2 cm³/mol. The third-order valence-corrected chi connectivity index (χ3v) is 3.84. The summed E-state index contributed by atoms with van der Waals surface area (Å²) in [5.74, 6) is -2.88. The van der Waals surface area contributed by atoms with Gasteiger partial charge in [0.15, 0.2) is 5.41 Å². The molecule has 0 aromatic rings. The molecule has 6 N–H and O–H groups in total. The van der Waals surface area contributed by atoms with Crippen molar-refractivity contribution in [3.63, 3.8) is 0 Å². The van der Waals surface area contributed by atoms with E-state index < -0.39 is 29.3 Å². The van der Waals surface area contributed by atoms with E-state index in [1.165, 1.54) is 0 Å². The van der Waals surface area contributed by atoms with Gasteiger partial charge in [0.05, 0.1) is 0 Å². The molecule has 1 aliphatic carbocycles. The molecule has 6 nitrogen and oxygen atoms in total. The molecule has 0 bridgehead atoms. The molecule has 0 saturated heterocycles. The van der Waals surface area contributed by atoms with Crippen LogP contribution in [0.4, 0.5) is 0 Å². The number of nitrogens with two attached hydrogens (primary N) is 2. The number of carboxylic acids is 2. The van der Waals surface area contributed by atoms with Crippen molar-refractivity contribution < 1.29 is 40.9 Å². The minimum atomic E-state index is -1.69. The number of aliphatic carboxylic acids is 2. The topological polar surface area (TPSA) is 127 Å². The fourth-order valence-electron chi connectivity index (χ4n) is 2.53. The molecule has 18 heavy (non-hydrogen) atoms. The fourth-order valence-corrected chi connectivity index (χ4v) is 2.53. The first-order chi connectivity index (χ1) is 7.86. The zero-order valence-corrected chi connectivity index (χ0v) is 12.5. The summed E-state index contributed by atoms with van der Waals surface area (Å²) in [5, 5.41) is 18.2. The van der Waals surface area contributed by atoms with Crippen molar-refractivity contribution in [3.8, 4) is 0 Å². The maximum Gasteiger partial charge on any atom is 0.321 e. The van der Waals surface area contributed by atoms with Crippen LogP contribution in [0.25, 0.3) is 0 Å². The minimum absolute atomic E-state index is 0. The molecule has 0 aliphatic heterocycles. The summed E-state index contributed by atoms with van der Waals surface area (Å²) in [4.78, 5) is 22.3. The van der Waals surface area contributed by atoms with E-state index in [0.29, 0.717) is 19.4 Å². The van der Waals surface area contributed by atoms with Gasteiger partial charge in [0.25, 0.3) is 0 Å². The molecule has 3 atom stereocenters. The zero-order valence-electron chi connectivity index (χ0n) is 10.2. The number of carbonyl (C=O) groups is 2. The average molecular weight is 439 g/mol. The van der Waals surface area contributed by atoms with E-state index in [9.17, 15) is 9.59 Å². The third-order valence-electron chi connectivity index (χ3n) is 3.84. The van der Waals surface area contributed by atoms with Crippen LogP contribution in [0.15, 0.2) is 0 Å². The molecular formula is C11H20N2O4Pt. The van der Waals surface area contributed by atoms with Gasteiger partial charge in [-0.15, -0.1) is 0 Å². The molecule has 0 radical (unpaired) electrons. The van der Waals surface area contributed by atoms with Gasteiger partial charge in [-0.2, -0.15) is 0 Å². The molecule has 0 spiro atoms. The van der Waals surface area contributed by atoms with Gasteiger partial charge in [-0.25, -0.2) is 0 Å². The monoisotopic (exact) mass is 439 g/mol. The van der Waals surface area contributed by atoms with Crippen molar-refractivity contribution >= 4 is 11.9 Å². The Morgan fingerprint density at radius 3 is 2.17 bits per heavy atom. The second-order valence-corrected chi connectivity index (χ2v) is 4.97. The van der Waals surface area contributed by atoms with Crippen LogP contribution in [0.5, 0.6) is 0 Å². The molecule has 108 valence electrons. The molecular weight excluding hydrogens is 419 g/mol. The van der Waals surface area contributed by atoms with Crippen LogP contribution in [0, 0.1) is 17.3 Å². The van der Waals surface area contributed by atoms with Crippen molar-refractivity contribution in [2.24, 2.45) is 28.7 Å². The van der Waals surface area contributed by atoms with Crippen molar-refractivity contribution in [1.29, 1.82) is 0 Å². The van der Waals surface area contributed by atoms with Gasteiger partial charge in [0.1, 0.15) is 0 Å². The molecule has 0 aromatic carbocycles. The molecule has 0 heterocycles. The first kappa shape index (κ1) is 17.5. The van der Waals surface area contributed by atoms with Crippen molar-refractivity contribution in [3.05, 3.63) is 0 Å². The van der Waals surface area contributed by atoms with Crippen LogP contribution < -0.4 is 11.5 Å². The maximum absolute atomic E-state index is 11.2. The third kappa shape index (κ3) is 2.92. The smallest absolute Gasteiger partial charge is 0.321 e. The van der Waals surface area contributed by atoms with E-state index in [0.717, 1.165) is 0 Å². The summed E-state index contributed by atoms with van der Waals surface area (Å²) in [6.07, 6.45) is 1.27. The van der Waals surface area contributed by atoms with E-state index in [1.807, 2.05) is 6.92 Å². The Morgan fingerprint density at radius 2 is 1.89 bits per heavy atom. The minimum Gasteiger partial charge on any atom is -0.480 e.